The SMILES string of the molecule is CC(C)C(C#N)(CN(Cl)P(O)O)C(C)C. The van der Waals surface area contributed by atoms with Gasteiger partial charge in [-0.2, -0.15) is 5.26 Å². The maximum atomic E-state index is 9.26. The van der Waals surface area contributed by atoms with E-state index in [-0.39, 0.29) is 18.4 Å². The van der Waals surface area contributed by atoms with Crippen LogP contribution in [0.3, 0.4) is 0 Å². The molecule has 0 spiro atoms. The molecule has 0 rings (SSSR count). The first-order valence-corrected chi connectivity index (χ1v) is 6.34. The summed E-state index contributed by atoms with van der Waals surface area (Å²) in [5, 5.41) is 9.26. The van der Waals surface area contributed by atoms with Gasteiger partial charge in [0.05, 0.1) is 11.5 Å². The summed E-state index contributed by atoms with van der Waals surface area (Å²) in [6.07, 6.45) is 0. The lowest BCUT2D eigenvalue weighted by atomic mass is 9.70. The van der Waals surface area contributed by atoms with Crippen molar-refractivity contribution < 1.29 is 9.79 Å². The summed E-state index contributed by atoms with van der Waals surface area (Å²) >= 11 is 5.68. The minimum atomic E-state index is -2.33. The van der Waals surface area contributed by atoms with Gasteiger partial charge in [0.25, 0.3) is 8.53 Å². The summed E-state index contributed by atoms with van der Waals surface area (Å²) < 4.78 is 0.915. The van der Waals surface area contributed by atoms with E-state index in [1.165, 1.54) is 0 Å². The van der Waals surface area contributed by atoms with Crippen molar-refractivity contribution in [1.82, 2.24) is 4.19 Å². The Balaban J connectivity index is 4.89. The molecular weight excluding hydrogens is 235 g/mol. The quantitative estimate of drug-likeness (QED) is 0.583. The molecule has 2 N–H and O–H groups in total. The first kappa shape index (κ1) is 15.1. The summed E-state index contributed by atoms with van der Waals surface area (Å²) in [7, 11) is -2.33. The fourth-order valence-electron chi connectivity index (χ4n) is 1.60. The molecule has 0 aliphatic carbocycles. The van der Waals surface area contributed by atoms with Gasteiger partial charge >= 0.3 is 0 Å². The summed E-state index contributed by atoms with van der Waals surface area (Å²) in [4.78, 5) is 17.9. The van der Waals surface area contributed by atoms with Crippen LogP contribution < -0.4 is 0 Å². The van der Waals surface area contributed by atoms with Crippen molar-refractivity contribution in [2.75, 3.05) is 6.54 Å². The van der Waals surface area contributed by atoms with Gasteiger partial charge in [-0.25, -0.2) is 0 Å². The fourth-order valence-corrected chi connectivity index (χ4v) is 2.16. The number of nitrogens with zero attached hydrogens (tertiary/aromatic N) is 2. The third-order valence-corrected chi connectivity index (χ3v) is 3.91. The first-order chi connectivity index (χ1) is 6.77. The number of halogens is 1. The summed E-state index contributed by atoms with van der Waals surface area (Å²) in [6, 6.07) is 2.26. The third kappa shape index (κ3) is 3.55. The number of rotatable bonds is 5. The minimum Gasteiger partial charge on any atom is -0.337 e. The van der Waals surface area contributed by atoms with Crippen LogP contribution in [0.25, 0.3) is 0 Å². The molecule has 4 nitrogen and oxygen atoms in total. The van der Waals surface area contributed by atoms with Gasteiger partial charge in [-0.05, 0) is 23.6 Å². The Bertz CT molecular complexity index is 233. The van der Waals surface area contributed by atoms with Gasteiger partial charge in [-0.1, -0.05) is 27.7 Å². The van der Waals surface area contributed by atoms with Gasteiger partial charge in [0.15, 0.2) is 0 Å². The van der Waals surface area contributed by atoms with Crippen LogP contribution in [0.4, 0.5) is 0 Å². The summed E-state index contributed by atoms with van der Waals surface area (Å²) in [5.41, 5.74) is -0.659. The van der Waals surface area contributed by atoms with E-state index in [2.05, 4.69) is 6.07 Å². The van der Waals surface area contributed by atoms with Crippen LogP contribution >= 0.6 is 20.3 Å². The Hall–Kier alpha value is 0.0900. The van der Waals surface area contributed by atoms with E-state index >= 15 is 0 Å². The third-order valence-electron chi connectivity index (χ3n) is 2.85. The molecule has 0 aromatic carbocycles. The highest BCUT2D eigenvalue weighted by atomic mass is 35.5. The Morgan fingerprint density at radius 1 is 1.33 bits per heavy atom. The monoisotopic (exact) mass is 252 g/mol. The van der Waals surface area contributed by atoms with Gasteiger partial charge in [0, 0.05) is 6.54 Å². The molecule has 0 aromatic rings. The van der Waals surface area contributed by atoms with Crippen LogP contribution in [0.15, 0.2) is 0 Å². The minimum absolute atomic E-state index is 0.0960. The van der Waals surface area contributed by atoms with Crippen LogP contribution in [0.1, 0.15) is 27.7 Å². The Kier molecular flexibility index (Phi) is 6.02. The number of nitriles is 1. The Labute approximate surface area is 97.5 Å². The van der Waals surface area contributed by atoms with Crippen molar-refractivity contribution in [1.29, 1.82) is 5.26 Å². The van der Waals surface area contributed by atoms with E-state index in [1.807, 2.05) is 27.7 Å². The van der Waals surface area contributed by atoms with Crippen LogP contribution in [-0.4, -0.2) is 20.5 Å². The van der Waals surface area contributed by atoms with Crippen molar-refractivity contribution in [3.8, 4) is 6.07 Å². The van der Waals surface area contributed by atoms with Gasteiger partial charge in [-0.15, -0.1) is 4.19 Å². The molecule has 0 aromatic heterocycles. The Morgan fingerprint density at radius 3 is 1.93 bits per heavy atom. The number of hydrogen-bond donors (Lipinski definition) is 2. The zero-order valence-electron chi connectivity index (χ0n) is 9.48. The van der Waals surface area contributed by atoms with Crippen LogP contribution in [0.2, 0.25) is 0 Å². The normalized spacial score (nSPS) is 12.9. The van der Waals surface area contributed by atoms with Gasteiger partial charge in [0.2, 0.25) is 0 Å². The molecule has 0 bridgehead atoms. The highest BCUT2D eigenvalue weighted by Gasteiger charge is 2.40. The largest absolute Gasteiger partial charge is 0.337 e. The van der Waals surface area contributed by atoms with E-state index in [9.17, 15) is 5.26 Å². The Morgan fingerprint density at radius 2 is 1.73 bits per heavy atom. The molecule has 0 atom stereocenters. The van der Waals surface area contributed by atoms with Gasteiger partial charge in [0.1, 0.15) is 0 Å². The van der Waals surface area contributed by atoms with Crippen molar-refractivity contribution in [2.45, 2.75) is 27.7 Å². The zero-order valence-corrected chi connectivity index (χ0v) is 11.1. The molecule has 0 radical (unpaired) electrons. The van der Waals surface area contributed by atoms with Crippen LogP contribution in [0.5, 0.6) is 0 Å². The molecule has 0 fully saturated rings. The summed E-state index contributed by atoms with van der Waals surface area (Å²) in [5.74, 6) is 0.192. The first-order valence-electron chi connectivity index (χ1n) is 4.80. The molecule has 6 heteroatoms. The lowest BCUT2D eigenvalue weighted by Crippen LogP contribution is -2.39. The highest BCUT2D eigenvalue weighted by Crippen LogP contribution is 2.42. The van der Waals surface area contributed by atoms with Gasteiger partial charge < -0.3 is 9.79 Å². The molecule has 0 unspecified atom stereocenters. The molecule has 0 aliphatic heterocycles. The molecule has 0 saturated heterocycles. The summed E-state index contributed by atoms with van der Waals surface area (Å²) in [6.45, 7) is 7.89. The predicted octanol–water partition coefficient (Wildman–Crippen LogP) is 2.48. The van der Waals surface area contributed by atoms with E-state index in [0.717, 1.165) is 4.19 Å². The van der Waals surface area contributed by atoms with Crippen molar-refractivity contribution in [2.24, 2.45) is 17.3 Å². The maximum absolute atomic E-state index is 9.26. The lowest BCUT2D eigenvalue weighted by molar-refractivity contribution is 0.168. The van der Waals surface area contributed by atoms with Crippen molar-refractivity contribution in [3.63, 3.8) is 0 Å². The molecule has 88 valence electrons. The molecule has 0 amide bonds. The van der Waals surface area contributed by atoms with Crippen LogP contribution in [0, 0.1) is 28.6 Å². The highest BCUT2D eigenvalue weighted by molar-refractivity contribution is 7.43. The van der Waals surface area contributed by atoms with Crippen LogP contribution in [-0.2, 0) is 0 Å². The molecule has 0 heterocycles. The average Bonchev–Trinajstić information content (AvgIpc) is 2.12. The zero-order chi connectivity index (χ0) is 12.2. The smallest absolute Gasteiger partial charge is 0.268 e. The average molecular weight is 253 g/mol. The molecule has 15 heavy (non-hydrogen) atoms. The van der Waals surface area contributed by atoms with E-state index in [4.69, 9.17) is 21.6 Å². The number of hydrogen-bond acceptors (Lipinski definition) is 4. The molecule has 0 saturated carbocycles. The predicted molar refractivity (Wildman–Crippen MR) is 61.6 cm³/mol. The second-order valence-electron chi connectivity index (χ2n) is 4.22. The molecule has 0 aliphatic rings. The fraction of sp³-hybridized carbons (Fsp3) is 0.889. The molecular formula is C9H18ClN2O2P. The van der Waals surface area contributed by atoms with Crippen molar-refractivity contribution >= 4 is 20.3 Å². The second kappa shape index (κ2) is 5.98. The maximum Gasteiger partial charge on any atom is 0.268 e. The second-order valence-corrected chi connectivity index (χ2v) is 5.89. The van der Waals surface area contributed by atoms with E-state index < -0.39 is 13.9 Å². The topological polar surface area (TPSA) is 67.5 Å². The van der Waals surface area contributed by atoms with E-state index in [1.54, 1.807) is 0 Å². The standard InChI is InChI=1S/C9H18ClN2O2P/c1-7(2)9(5-11,8(3)4)6-12(10)15(13)14/h7-8,13-14H,6H2,1-4H3. The van der Waals surface area contributed by atoms with E-state index in [0.29, 0.717) is 0 Å². The van der Waals surface area contributed by atoms with Crippen molar-refractivity contribution in [3.05, 3.63) is 0 Å². The lowest BCUT2D eigenvalue weighted by Gasteiger charge is -2.36. The van der Waals surface area contributed by atoms with Gasteiger partial charge in [-0.3, -0.25) is 0 Å².